The SMILES string of the molecule is COc1cccc(NC2=[NH+]C3(CCCC3)[NH+]=C(N)N2)c1. The van der Waals surface area contributed by atoms with Crippen molar-refractivity contribution in [2.75, 3.05) is 12.4 Å². The summed E-state index contributed by atoms with van der Waals surface area (Å²) in [7, 11) is 1.66. The van der Waals surface area contributed by atoms with Crippen molar-refractivity contribution in [2.24, 2.45) is 5.73 Å². The number of guanidine groups is 2. The summed E-state index contributed by atoms with van der Waals surface area (Å²) in [5, 5.41) is 6.40. The van der Waals surface area contributed by atoms with Crippen LogP contribution in [0.1, 0.15) is 25.7 Å². The summed E-state index contributed by atoms with van der Waals surface area (Å²) in [6, 6.07) is 7.79. The average molecular weight is 275 g/mol. The molecule has 1 aliphatic heterocycles. The molecule has 1 aliphatic carbocycles. The van der Waals surface area contributed by atoms with E-state index in [1.807, 2.05) is 24.3 Å². The molecule has 0 atom stereocenters. The number of benzene rings is 1. The lowest BCUT2D eigenvalue weighted by atomic mass is 10.1. The number of hydrogen-bond donors (Lipinski definition) is 5. The first kappa shape index (κ1) is 12.8. The Bertz CT molecular complexity index is 560. The normalized spacial score (nSPS) is 20.1. The van der Waals surface area contributed by atoms with E-state index >= 15 is 0 Å². The number of methoxy groups -OCH3 is 1. The van der Waals surface area contributed by atoms with Crippen LogP contribution in [0.5, 0.6) is 5.75 Å². The molecule has 0 radical (unpaired) electrons. The molecule has 106 valence electrons. The minimum atomic E-state index is -0.115. The van der Waals surface area contributed by atoms with Gasteiger partial charge in [-0.25, -0.2) is 15.3 Å². The van der Waals surface area contributed by atoms with Crippen LogP contribution in [-0.2, 0) is 0 Å². The van der Waals surface area contributed by atoms with Gasteiger partial charge in [0.05, 0.1) is 7.11 Å². The van der Waals surface area contributed by atoms with Crippen molar-refractivity contribution in [3.05, 3.63) is 24.3 Å². The fourth-order valence-corrected chi connectivity index (χ4v) is 2.86. The van der Waals surface area contributed by atoms with E-state index in [2.05, 4.69) is 20.6 Å². The molecule has 6 N–H and O–H groups in total. The second-order valence-electron chi connectivity index (χ2n) is 5.31. The lowest BCUT2D eigenvalue weighted by Gasteiger charge is -2.22. The number of nitrogens with one attached hydrogen (secondary N) is 4. The Morgan fingerprint density at radius 2 is 2.10 bits per heavy atom. The quantitative estimate of drug-likeness (QED) is 0.424. The Morgan fingerprint density at radius 1 is 1.30 bits per heavy atom. The standard InChI is InChI=1S/C14H19N5O/c1-20-11-6-4-5-10(9-11)16-13-17-12(15)18-14(19-13)7-2-3-8-14/h4-6,9H,2-3,7-8H2,1H3,(H4,15,16,17,18,19)/p+2. The van der Waals surface area contributed by atoms with Gasteiger partial charge in [0.2, 0.25) is 5.66 Å². The highest BCUT2D eigenvalue weighted by Gasteiger charge is 2.40. The average Bonchev–Trinajstić information content (AvgIpc) is 2.85. The van der Waals surface area contributed by atoms with Gasteiger partial charge in [0.15, 0.2) is 0 Å². The van der Waals surface area contributed by atoms with Gasteiger partial charge in [-0.2, -0.15) is 5.32 Å². The summed E-state index contributed by atoms with van der Waals surface area (Å²) < 4.78 is 5.23. The van der Waals surface area contributed by atoms with Gasteiger partial charge in [-0.1, -0.05) is 6.07 Å². The van der Waals surface area contributed by atoms with Gasteiger partial charge in [-0.3, -0.25) is 5.73 Å². The van der Waals surface area contributed by atoms with Gasteiger partial charge < -0.3 is 4.74 Å². The Hall–Kier alpha value is -2.24. The highest BCUT2D eigenvalue weighted by molar-refractivity contribution is 6.00. The molecule has 6 heteroatoms. The van der Waals surface area contributed by atoms with E-state index in [1.54, 1.807) is 7.11 Å². The van der Waals surface area contributed by atoms with Crippen molar-refractivity contribution in [3.63, 3.8) is 0 Å². The predicted octanol–water partition coefficient (Wildman–Crippen LogP) is -2.19. The van der Waals surface area contributed by atoms with E-state index < -0.39 is 0 Å². The maximum absolute atomic E-state index is 5.96. The molecule has 0 bridgehead atoms. The molecule has 2 aliphatic rings. The van der Waals surface area contributed by atoms with Crippen molar-refractivity contribution < 1.29 is 14.7 Å². The highest BCUT2D eigenvalue weighted by Crippen LogP contribution is 2.19. The number of rotatable bonds is 2. The summed E-state index contributed by atoms with van der Waals surface area (Å²) in [6.45, 7) is 0. The number of hydrogen-bond acceptors (Lipinski definition) is 4. The number of ether oxygens (including phenoxy) is 1. The Morgan fingerprint density at radius 3 is 2.85 bits per heavy atom. The van der Waals surface area contributed by atoms with Crippen molar-refractivity contribution in [1.82, 2.24) is 5.32 Å². The van der Waals surface area contributed by atoms with Gasteiger partial charge in [0, 0.05) is 18.9 Å². The first-order chi connectivity index (χ1) is 9.69. The van der Waals surface area contributed by atoms with Crippen LogP contribution in [0.25, 0.3) is 0 Å². The van der Waals surface area contributed by atoms with Gasteiger partial charge in [-0.15, -0.1) is 0 Å². The fraction of sp³-hybridized carbons (Fsp3) is 0.429. The second-order valence-corrected chi connectivity index (χ2v) is 5.31. The number of nitrogens with two attached hydrogens (primary N) is 1. The first-order valence-electron chi connectivity index (χ1n) is 6.93. The first-order valence-corrected chi connectivity index (χ1v) is 6.93. The van der Waals surface area contributed by atoms with E-state index in [1.165, 1.54) is 12.8 Å². The van der Waals surface area contributed by atoms with E-state index in [0.29, 0.717) is 5.96 Å². The Labute approximate surface area is 118 Å². The van der Waals surface area contributed by atoms with Crippen LogP contribution in [0.15, 0.2) is 24.3 Å². The Balaban J connectivity index is 1.81. The van der Waals surface area contributed by atoms with E-state index in [0.717, 1.165) is 30.2 Å². The van der Waals surface area contributed by atoms with E-state index in [9.17, 15) is 0 Å². The Kier molecular flexibility index (Phi) is 3.22. The fourth-order valence-electron chi connectivity index (χ4n) is 2.86. The molecule has 0 aromatic heterocycles. The molecule has 1 aromatic rings. The zero-order valence-electron chi connectivity index (χ0n) is 11.6. The highest BCUT2D eigenvalue weighted by atomic mass is 16.5. The smallest absolute Gasteiger partial charge is 0.361 e. The maximum atomic E-state index is 5.96. The molecular weight excluding hydrogens is 254 g/mol. The zero-order chi connectivity index (χ0) is 14.0. The van der Waals surface area contributed by atoms with Crippen LogP contribution in [0.4, 0.5) is 5.69 Å². The minimum absolute atomic E-state index is 0.115. The van der Waals surface area contributed by atoms with Crippen molar-refractivity contribution in [2.45, 2.75) is 31.3 Å². The third kappa shape index (κ3) is 2.54. The van der Waals surface area contributed by atoms with Gasteiger partial charge in [0.1, 0.15) is 11.4 Å². The van der Waals surface area contributed by atoms with Gasteiger partial charge in [0.25, 0.3) is 0 Å². The summed E-state index contributed by atoms with van der Waals surface area (Å²) in [5.41, 5.74) is 6.79. The molecule has 0 saturated heterocycles. The largest absolute Gasteiger partial charge is 0.497 e. The molecule has 1 spiro atoms. The lowest BCUT2D eigenvalue weighted by molar-refractivity contribution is -0.797. The molecule has 1 heterocycles. The van der Waals surface area contributed by atoms with Gasteiger partial charge in [-0.05, 0) is 25.0 Å². The van der Waals surface area contributed by atoms with Crippen LogP contribution in [0.3, 0.4) is 0 Å². The third-order valence-electron chi connectivity index (χ3n) is 3.79. The van der Waals surface area contributed by atoms with Crippen LogP contribution >= 0.6 is 0 Å². The van der Waals surface area contributed by atoms with Crippen LogP contribution in [0.2, 0.25) is 0 Å². The van der Waals surface area contributed by atoms with Crippen LogP contribution in [-0.4, -0.2) is 24.7 Å². The molecule has 1 fully saturated rings. The summed E-state index contributed by atoms with van der Waals surface area (Å²) in [6.07, 6.45) is 4.55. The van der Waals surface area contributed by atoms with E-state index in [4.69, 9.17) is 10.5 Å². The van der Waals surface area contributed by atoms with E-state index in [-0.39, 0.29) is 5.66 Å². The molecule has 1 aromatic carbocycles. The van der Waals surface area contributed by atoms with Crippen molar-refractivity contribution >= 4 is 17.6 Å². The monoisotopic (exact) mass is 275 g/mol. The molecule has 6 nitrogen and oxygen atoms in total. The molecule has 0 amide bonds. The lowest BCUT2D eigenvalue weighted by Crippen LogP contribution is -3.14. The summed E-state index contributed by atoms with van der Waals surface area (Å²) in [5.74, 6) is 2.20. The molecule has 20 heavy (non-hydrogen) atoms. The van der Waals surface area contributed by atoms with Crippen LogP contribution in [0, 0.1) is 0 Å². The molecule has 1 saturated carbocycles. The zero-order valence-corrected chi connectivity index (χ0v) is 11.6. The topological polar surface area (TPSA) is 87.2 Å². The van der Waals surface area contributed by atoms with Crippen LogP contribution < -0.4 is 31.1 Å². The third-order valence-corrected chi connectivity index (χ3v) is 3.79. The van der Waals surface area contributed by atoms with Crippen molar-refractivity contribution in [3.8, 4) is 5.75 Å². The molecule has 0 unspecified atom stereocenters. The summed E-state index contributed by atoms with van der Waals surface area (Å²) in [4.78, 5) is 6.80. The molecular formula is C14H21N5O+2. The summed E-state index contributed by atoms with van der Waals surface area (Å²) >= 11 is 0. The minimum Gasteiger partial charge on any atom is -0.497 e. The number of anilines is 1. The van der Waals surface area contributed by atoms with Crippen molar-refractivity contribution in [1.29, 1.82) is 0 Å². The molecule has 3 rings (SSSR count). The second kappa shape index (κ2) is 5.03. The van der Waals surface area contributed by atoms with Gasteiger partial charge >= 0.3 is 11.9 Å². The maximum Gasteiger partial charge on any atom is 0.361 e. The predicted molar refractivity (Wildman–Crippen MR) is 77.1 cm³/mol.